The summed E-state index contributed by atoms with van der Waals surface area (Å²) in [5.74, 6) is 1.55. The average Bonchev–Trinajstić information content (AvgIpc) is 3.04. The molecule has 0 atom stereocenters. The molecule has 1 N–H and O–H groups in total. The summed E-state index contributed by atoms with van der Waals surface area (Å²) in [7, 11) is 0. The van der Waals surface area contributed by atoms with E-state index in [9.17, 15) is 0 Å². The summed E-state index contributed by atoms with van der Waals surface area (Å²) in [5.41, 5.74) is 1.00. The maximum Gasteiger partial charge on any atom is 0.231 e. The van der Waals surface area contributed by atoms with Crippen LogP contribution in [0.25, 0.3) is 10.6 Å². The molecule has 3 rings (SSSR count). The Kier molecular flexibility index (Phi) is 3.02. The highest BCUT2D eigenvalue weighted by Gasteiger charge is 2.15. The molecule has 2 aromatic rings. The van der Waals surface area contributed by atoms with Gasteiger partial charge in [-0.1, -0.05) is 18.3 Å². The normalized spacial score (nSPS) is 12.7. The molecule has 0 radical (unpaired) electrons. The first kappa shape index (κ1) is 11.3. The number of ether oxygens (including phenoxy) is 2. The summed E-state index contributed by atoms with van der Waals surface area (Å²) in [6.45, 7) is 3.32. The minimum atomic E-state index is 0.290. The molecule has 1 aromatic heterocycles. The Balaban J connectivity index is 1.83. The van der Waals surface area contributed by atoms with Gasteiger partial charge in [-0.3, -0.25) is 0 Å². The van der Waals surface area contributed by atoms with Gasteiger partial charge in [0.25, 0.3) is 0 Å². The van der Waals surface area contributed by atoms with Gasteiger partial charge in [0.2, 0.25) is 11.9 Å². The Morgan fingerprint density at radius 3 is 3.06 bits per heavy atom. The fourth-order valence-corrected chi connectivity index (χ4v) is 2.44. The maximum atomic E-state index is 5.35. The summed E-state index contributed by atoms with van der Waals surface area (Å²) in [6, 6.07) is 5.81. The lowest BCUT2D eigenvalue weighted by Gasteiger charge is -1.98. The number of aromatic nitrogens is 2. The first-order valence-electron chi connectivity index (χ1n) is 5.84. The van der Waals surface area contributed by atoms with Gasteiger partial charge in [-0.2, -0.15) is 0 Å². The van der Waals surface area contributed by atoms with E-state index in [-0.39, 0.29) is 6.79 Å². The molecule has 18 heavy (non-hydrogen) atoms. The summed E-state index contributed by atoms with van der Waals surface area (Å²) in [4.78, 5) is 0. The second-order valence-corrected chi connectivity index (χ2v) is 4.88. The van der Waals surface area contributed by atoms with Crippen LogP contribution >= 0.6 is 11.3 Å². The van der Waals surface area contributed by atoms with Crippen molar-refractivity contribution < 1.29 is 9.47 Å². The van der Waals surface area contributed by atoms with E-state index in [2.05, 4.69) is 22.4 Å². The number of nitrogens with zero attached hydrogens (tertiary/aromatic N) is 2. The van der Waals surface area contributed by atoms with Gasteiger partial charge in [0.05, 0.1) is 0 Å². The lowest BCUT2D eigenvalue weighted by atomic mass is 10.2. The number of hydrogen-bond donors (Lipinski definition) is 1. The fraction of sp³-hybridized carbons (Fsp3) is 0.333. The third kappa shape index (κ3) is 2.11. The first-order chi connectivity index (χ1) is 8.86. The molecule has 0 unspecified atom stereocenters. The van der Waals surface area contributed by atoms with Gasteiger partial charge in [0.15, 0.2) is 11.5 Å². The number of fused-ring (bicyclic) bond motifs is 1. The molecule has 0 saturated heterocycles. The van der Waals surface area contributed by atoms with Gasteiger partial charge in [-0.25, -0.2) is 0 Å². The maximum absolute atomic E-state index is 5.35. The Hall–Kier alpha value is -1.82. The molecule has 94 valence electrons. The third-order valence-electron chi connectivity index (χ3n) is 2.57. The molecular weight excluding hydrogens is 250 g/mol. The Morgan fingerprint density at radius 2 is 2.17 bits per heavy atom. The van der Waals surface area contributed by atoms with Crippen LogP contribution in [0.1, 0.15) is 13.3 Å². The van der Waals surface area contributed by atoms with Crippen LogP contribution in [0.5, 0.6) is 11.5 Å². The minimum absolute atomic E-state index is 0.290. The van der Waals surface area contributed by atoms with Crippen LogP contribution in [-0.4, -0.2) is 23.5 Å². The summed E-state index contributed by atoms with van der Waals surface area (Å²) < 4.78 is 10.6. The van der Waals surface area contributed by atoms with Crippen molar-refractivity contribution in [1.82, 2.24) is 10.2 Å². The van der Waals surface area contributed by atoms with Crippen LogP contribution in [0.3, 0.4) is 0 Å². The molecule has 1 aromatic carbocycles. The van der Waals surface area contributed by atoms with Crippen LogP contribution in [0.4, 0.5) is 5.13 Å². The van der Waals surface area contributed by atoms with Crippen LogP contribution in [-0.2, 0) is 0 Å². The van der Waals surface area contributed by atoms with E-state index < -0.39 is 0 Å². The summed E-state index contributed by atoms with van der Waals surface area (Å²) in [6.07, 6.45) is 1.07. The second kappa shape index (κ2) is 4.81. The van der Waals surface area contributed by atoms with Crippen LogP contribution in [0.2, 0.25) is 0 Å². The SMILES string of the molecule is CCCNc1nnc(-c2ccc3c(c2)OCO3)s1. The molecule has 1 aliphatic heterocycles. The lowest BCUT2D eigenvalue weighted by Crippen LogP contribution is -1.98. The monoisotopic (exact) mass is 263 g/mol. The molecule has 5 nitrogen and oxygen atoms in total. The molecule has 6 heteroatoms. The predicted octanol–water partition coefficient (Wildman–Crippen LogP) is 2.76. The Bertz CT molecular complexity index is 556. The molecule has 0 aliphatic carbocycles. The van der Waals surface area contributed by atoms with Crippen LogP contribution in [0.15, 0.2) is 18.2 Å². The van der Waals surface area contributed by atoms with Crippen LogP contribution in [0, 0.1) is 0 Å². The van der Waals surface area contributed by atoms with Crippen molar-refractivity contribution in [3.8, 4) is 22.1 Å². The first-order valence-corrected chi connectivity index (χ1v) is 6.66. The number of anilines is 1. The summed E-state index contributed by atoms with van der Waals surface area (Å²) >= 11 is 1.54. The van der Waals surface area contributed by atoms with E-state index in [4.69, 9.17) is 9.47 Å². The molecule has 0 saturated carbocycles. The van der Waals surface area contributed by atoms with Gasteiger partial charge in [-0.15, -0.1) is 10.2 Å². The highest BCUT2D eigenvalue weighted by molar-refractivity contribution is 7.18. The second-order valence-electron chi connectivity index (χ2n) is 3.91. The zero-order valence-electron chi connectivity index (χ0n) is 9.97. The van der Waals surface area contributed by atoms with Crippen molar-refractivity contribution in [3.63, 3.8) is 0 Å². The third-order valence-corrected chi connectivity index (χ3v) is 3.50. The highest BCUT2D eigenvalue weighted by Crippen LogP contribution is 2.37. The van der Waals surface area contributed by atoms with Crippen molar-refractivity contribution in [3.05, 3.63) is 18.2 Å². The number of nitrogens with one attached hydrogen (secondary N) is 1. The Morgan fingerprint density at radius 1 is 1.28 bits per heavy atom. The van der Waals surface area contributed by atoms with Crippen molar-refractivity contribution in [2.75, 3.05) is 18.7 Å². The lowest BCUT2D eigenvalue weighted by molar-refractivity contribution is 0.174. The standard InChI is InChI=1S/C12H13N3O2S/c1-2-5-13-12-15-14-11(18-12)8-3-4-9-10(6-8)17-7-16-9/h3-4,6H,2,5,7H2,1H3,(H,13,15). The molecule has 1 aliphatic rings. The van der Waals surface area contributed by atoms with Crippen molar-refractivity contribution in [1.29, 1.82) is 0 Å². The average molecular weight is 263 g/mol. The van der Waals surface area contributed by atoms with E-state index in [1.54, 1.807) is 11.3 Å². The molecule has 0 bridgehead atoms. The quantitative estimate of drug-likeness (QED) is 0.919. The smallest absolute Gasteiger partial charge is 0.231 e. The number of benzene rings is 1. The van der Waals surface area contributed by atoms with Gasteiger partial charge in [0, 0.05) is 12.1 Å². The summed E-state index contributed by atoms with van der Waals surface area (Å²) in [5, 5.41) is 13.2. The number of rotatable bonds is 4. The molecular formula is C12H13N3O2S. The van der Waals surface area contributed by atoms with Gasteiger partial charge in [0.1, 0.15) is 5.01 Å². The highest BCUT2D eigenvalue weighted by atomic mass is 32.1. The van der Waals surface area contributed by atoms with Gasteiger partial charge in [-0.05, 0) is 24.6 Å². The van der Waals surface area contributed by atoms with E-state index >= 15 is 0 Å². The Labute approximate surface area is 109 Å². The molecule has 0 amide bonds. The fourth-order valence-electron chi connectivity index (χ4n) is 1.67. The van der Waals surface area contributed by atoms with E-state index in [0.717, 1.165) is 40.2 Å². The van der Waals surface area contributed by atoms with Gasteiger partial charge < -0.3 is 14.8 Å². The molecule has 2 heterocycles. The topological polar surface area (TPSA) is 56.3 Å². The van der Waals surface area contributed by atoms with E-state index in [1.165, 1.54) is 0 Å². The number of hydrogen-bond acceptors (Lipinski definition) is 6. The van der Waals surface area contributed by atoms with Crippen molar-refractivity contribution in [2.45, 2.75) is 13.3 Å². The van der Waals surface area contributed by atoms with E-state index in [0.29, 0.717) is 0 Å². The van der Waals surface area contributed by atoms with Crippen molar-refractivity contribution >= 4 is 16.5 Å². The predicted molar refractivity (Wildman–Crippen MR) is 70.2 cm³/mol. The molecule has 0 fully saturated rings. The zero-order chi connectivity index (χ0) is 12.4. The van der Waals surface area contributed by atoms with Crippen LogP contribution < -0.4 is 14.8 Å². The zero-order valence-corrected chi connectivity index (χ0v) is 10.8. The molecule has 0 spiro atoms. The minimum Gasteiger partial charge on any atom is -0.454 e. The van der Waals surface area contributed by atoms with Gasteiger partial charge >= 0.3 is 0 Å². The largest absolute Gasteiger partial charge is 0.454 e. The van der Waals surface area contributed by atoms with E-state index in [1.807, 2.05) is 18.2 Å². The van der Waals surface area contributed by atoms with Crippen molar-refractivity contribution in [2.24, 2.45) is 0 Å².